The molecule has 4 nitrogen and oxygen atoms in total. The zero-order valence-corrected chi connectivity index (χ0v) is 11.2. The van der Waals surface area contributed by atoms with Gasteiger partial charge in [-0.05, 0) is 19.1 Å². The summed E-state index contributed by atoms with van der Waals surface area (Å²) in [6.07, 6.45) is 6.27. The molecule has 0 radical (unpaired) electrons. The molecule has 17 heavy (non-hydrogen) atoms. The molecule has 2 fully saturated rings. The van der Waals surface area contributed by atoms with E-state index in [0.717, 1.165) is 19.6 Å². The third-order valence-electron chi connectivity index (χ3n) is 3.53. The van der Waals surface area contributed by atoms with Gasteiger partial charge in [0.2, 0.25) is 5.91 Å². The Morgan fingerprint density at radius 1 is 1.53 bits per heavy atom. The van der Waals surface area contributed by atoms with Crippen LogP contribution in [0.1, 0.15) is 25.7 Å². The van der Waals surface area contributed by atoms with Crippen LogP contribution >= 0.6 is 11.8 Å². The molecule has 0 aromatic heterocycles. The lowest BCUT2D eigenvalue weighted by molar-refractivity contribution is -0.122. The van der Waals surface area contributed by atoms with Crippen molar-refractivity contribution in [3.63, 3.8) is 0 Å². The van der Waals surface area contributed by atoms with E-state index < -0.39 is 0 Å². The summed E-state index contributed by atoms with van der Waals surface area (Å²) in [5.41, 5.74) is 0. The fourth-order valence-corrected chi connectivity index (χ4v) is 3.55. The Balaban J connectivity index is 1.72. The van der Waals surface area contributed by atoms with E-state index in [9.17, 15) is 4.79 Å². The summed E-state index contributed by atoms with van der Waals surface area (Å²) in [7, 11) is 0. The zero-order valence-electron chi connectivity index (χ0n) is 10.4. The maximum Gasteiger partial charge on any atom is 0.221 e. The second-order valence-corrected chi connectivity index (χ2v) is 5.89. The molecular weight excluding hydrogens is 236 g/mol. The second-order valence-electron chi connectivity index (χ2n) is 4.81. The molecule has 1 heterocycles. The van der Waals surface area contributed by atoms with Crippen LogP contribution in [0.2, 0.25) is 0 Å². The van der Waals surface area contributed by atoms with Gasteiger partial charge in [-0.3, -0.25) is 4.79 Å². The van der Waals surface area contributed by atoms with Gasteiger partial charge in [-0.25, -0.2) is 0 Å². The predicted molar refractivity (Wildman–Crippen MR) is 70.3 cm³/mol. The fraction of sp³-hybridized carbons (Fsp3) is 0.917. The van der Waals surface area contributed by atoms with Gasteiger partial charge >= 0.3 is 0 Å². The Labute approximate surface area is 107 Å². The smallest absolute Gasteiger partial charge is 0.221 e. The molecule has 3 atom stereocenters. The highest BCUT2D eigenvalue weighted by Gasteiger charge is 2.28. The lowest BCUT2D eigenvalue weighted by Crippen LogP contribution is -2.46. The van der Waals surface area contributed by atoms with Crippen molar-refractivity contribution in [1.29, 1.82) is 0 Å². The summed E-state index contributed by atoms with van der Waals surface area (Å²) in [6, 6.07) is 0.569. The first-order chi connectivity index (χ1) is 8.29. The number of hydrogen-bond donors (Lipinski definition) is 2. The number of hydrogen-bond acceptors (Lipinski definition) is 4. The molecule has 3 unspecified atom stereocenters. The number of morpholine rings is 1. The monoisotopic (exact) mass is 258 g/mol. The molecule has 5 heteroatoms. The van der Waals surface area contributed by atoms with Gasteiger partial charge in [0.1, 0.15) is 0 Å². The molecule has 1 aliphatic carbocycles. The lowest BCUT2D eigenvalue weighted by atomic mass is 10.1. The van der Waals surface area contributed by atoms with Gasteiger partial charge in [0.25, 0.3) is 0 Å². The molecule has 0 spiro atoms. The Bertz CT molecular complexity index is 257. The summed E-state index contributed by atoms with van der Waals surface area (Å²) in [5.74, 6) is 0.166. The number of nitrogens with one attached hydrogen (secondary N) is 2. The quantitative estimate of drug-likeness (QED) is 0.782. The van der Waals surface area contributed by atoms with E-state index in [1.165, 1.54) is 12.8 Å². The van der Waals surface area contributed by atoms with Crippen LogP contribution < -0.4 is 10.6 Å². The fourth-order valence-electron chi connectivity index (χ4n) is 2.61. The average molecular weight is 258 g/mol. The average Bonchev–Trinajstić information content (AvgIpc) is 2.77. The number of carbonyl (C=O) groups is 1. The number of rotatable bonds is 4. The van der Waals surface area contributed by atoms with Gasteiger partial charge in [-0.1, -0.05) is 6.42 Å². The second kappa shape index (κ2) is 6.61. The van der Waals surface area contributed by atoms with Crippen molar-refractivity contribution >= 4 is 17.7 Å². The molecule has 98 valence electrons. The summed E-state index contributed by atoms with van der Waals surface area (Å²) < 4.78 is 5.35. The molecule has 1 aliphatic heterocycles. The third kappa shape index (κ3) is 3.86. The molecule has 0 bridgehead atoms. The molecule has 1 saturated carbocycles. The summed E-state index contributed by atoms with van der Waals surface area (Å²) in [6.45, 7) is 2.27. The lowest BCUT2D eigenvalue weighted by Gasteiger charge is -2.25. The molecule has 0 aromatic rings. The van der Waals surface area contributed by atoms with Crippen molar-refractivity contribution in [2.75, 3.05) is 26.0 Å². The van der Waals surface area contributed by atoms with Crippen molar-refractivity contribution in [3.05, 3.63) is 0 Å². The number of ether oxygens (including phenoxy) is 1. The van der Waals surface area contributed by atoms with Crippen LogP contribution in [0.3, 0.4) is 0 Å². The van der Waals surface area contributed by atoms with Crippen LogP contribution in [0, 0.1) is 0 Å². The molecule has 1 amide bonds. The van der Waals surface area contributed by atoms with Gasteiger partial charge in [-0.2, -0.15) is 11.8 Å². The minimum atomic E-state index is 0.166. The van der Waals surface area contributed by atoms with Gasteiger partial charge in [0.15, 0.2) is 0 Å². The predicted octanol–water partition coefficient (Wildman–Crippen LogP) is 0.765. The Hall–Kier alpha value is -0.260. The Morgan fingerprint density at radius 3 is 3.12 bits per heavy atom. The van der Waals surface area contributed by atoms with Crippen molar-refractivity contribution in [2.45, 2.75) is 43.0 Å². The number of carbonyl (C=O) groups excluding carboxylic acids is 1. The molecular formula is C12H22N2O2S. The van der Waals surface area contributed by atoms with Crippen LogP contribution in [0.15, 0.2) is 0 Å². The van der Waals surface area contributed by atoms with Crippen LogP contribution in [0.4, 0.5) is 0 Å². The first-order valence-corrected chi connectivity index (χ1v) is 7.71. The van der Waals surface area contributed by atoms with Gasteiger partial charge in [-0.15, -0.1) is 0 Å². The molecule has 0 aromatic carbocycles. The SMILES string of the molecule is CSC1CCCC1NC(=O)CC1COCCN1. The van der Waals surface area contributed by atoms with Crippen molar-refractivity contribution < 1.29 is 9.53 Å². The number of thioether (sulfide) groups is 1. The van der Waals surface area contributed by atoms with E-state index in [1.54, 1.807) is 0 Å². The first-order valence-electron chi connectivity index (χ1n) is 6.43. The summed E-state index contributed by atoms with van der Waals surface area (Å²) in [5, 5.41) is 7.09. The topological polar surface area (TPSA) is 50.4 Å². The molecule has 1 saturated heterocycles. The van der Waals surface area contributed by atoms with E-state index in [4.69, 9.17) is 4.74 Å². The van der Waals surface area contributed by atoms with E-state index in [2.05, 4.69) is 16.9 Å². The Kier molecular flexibility index (Phi) is 5.13. The van der Waals surface area contributed by atoms with E-state index >= 15 is 0 Å². The van der Waals surface area contributed by atoms with E-state index in [0.29, 0.717) is 24.3 Å². The maximum atomic E-state index is 11.9. The van der Waals surface area contributed by atoms with Crippen LogP contribution in [0.5, 0.6) is 0 Å². The molecule has 2 rings (SSSR count). The number of amides is 1. The van der Waals surface area contributed by atoms with Gasteiger partial charge < -0.3 is 15.4 Å². The van der Waals surface area contributed by atoms with Crippen molar-refractivity contribution in [2.24, 2.45) is 0 Å². The summed E-state index contributed by atoms with van der Waals surface area (Å²) >= 11 is 1.87. The van der Waals surface area contributed by atoms with Crippen molar-refractivity contribution in [1.82, 2.24) is 10.6 Å². The van der Waals surface area contributed by atoms with Gasteiger partial charge in [0.05, 0.1) is 13.2 Å². The highest BCUT2D eigenvalue weighted by atomic mass is 32.2. The minimum Gasteiger partial charge on any atom is -0.378 e. The third-order valence-corrected chi connectivity index (χ3v) is 4.70. The van der Waals surface area contributed by atoms with E-state index in [1.807, 2.05) is 11.8 Å². The van der Waals surface area contributed by atoms with E-state index in [-0.39, 0.29) is 11.9 Å². The minimum absolute atomic E-state index is 0.166. The van der Waals surface area contributed by atoms with Crippen molar-refractivity contribution in [3.8, 4) is 0 Å². The van der Waals surface area contributed by atoms with Gasteiger partial charge in [0, 0.05) is 30.3 Å². The normalized spacial score (nSPS) is 33.6. The first kappa shape index (κ1) is 13.2. The Morgan fingerprint density at radius 2 is 2.41 bits per heavy atom. The largest absolute Gasteiger partial charge is 0.378 e. The maximum absolute atomic E-state index is 11.9. The van der Waals surface area contributed by atoms with Crippen LogP contribution in [0.25, 0.3) is 0 Å². The van der Waals surface area contributed by atoms with Crippen LogP contribution in [-0.2, 0) is 9.53 Å². The summed E-state index contributed by atoms with van der Waals surface area (Å²) in [4.78, 5) is 11.9. The molecule has 2 aliphatic rings. The molecule has 2 N–H and O–H groups in total. The standard InChI is InChI=1S/C12H22N2O2S/c1-17-11-4-2-3-10(11)14-12(15)7-9-8-16-6-5-13-9/h9-11,13H,2-8H2,1H3,(H,14,15). The zero-order chi connectivity index (χ0) is 12.1. The van der Waals surface area contributed by atoms with Crippen LogP contribution in [-0.4, -0.2) is 49.3 Å². The highest BCUT2D eigenvalue weighted by Crippen LogP contribution is 2.28. The highest BCUT2D eigenvalue weighted by molar-refractivity contribution is 7.99.